The van der Waals surface area contributed by atoms with Crippen LogP contribution in [0, 0.1) is 0 Å². The van der Waals surface area contributed by atoms with E-state index in [4.69, 9.17) is 4.74 Å². The summed E-state index contributed by atoms with van der Waals surface area (Å²) in [6.45, 7) is 9.83. The van der Waals surface area contributed by atoms with E-state index in [9.17, 15) is 0 Å². The SMILES string of the molecule is COCCC(C)N1CC(C)NCC1(C)c1ccccc1. The summed E-state index contributed by atoms with van der Waals surface area (Å²) in [6.07, 6.45) is 1.08. The van der Waals surface area contributed by atoms with Crippen molar-refractivity contribution < 1.29 is 4.74 Å². The molecular formula is C17H28N2O. The van der Waals surface area contributed by atoms with Gasteiger partial charge in [-0.3, -0.25) is 4.90 Å². The van der Waals surface area contributed by atoms with Crippen molar-refractivity contribution in [1.29, 1.82) is 0 Å². The molecule has 112 valence electrons. The van der Waals surface area contributed by atoms with Crippen LogP contribution in [0.5, 0.6) is 0 Å². The number of piperazine rings is 1. The summed E-state index contributed by atoms with van der Waals surface area (Å²) in [6, 6.07) is 11.9. The fraction of sp³-hybridized carbons (Fsp3) is 0.647. The van der Waals surface area contributed by atoms with E-state index in [1.54, 1.807) is 7.11 Å². The topological polar surface area (TPSA) is 24.5 Å². The van der Waals surface area contributed by atoms with Crippen LogP contribution in [-0.4, -0.2) is 43.8 Å². The van der Waals surface area contributed by atoms with Gasteiger partial charge in [0.25, 0.3) is 0 Å². The van der Waals surface area contributed by atoms with E-state index in [1.165, 1.54) is 5.56 Å². The summed E-state index contributed by atoms with van der Waals surface area (Å²) >= 11 is 0. The van der Waals surface area contributed by atoms with Crippen molar-refractivity contribution in [2.45, 2.75) is 44.8 Å². The molecule has 1 aromatic carbocycles. The van der Waals surface area contributed by atoms with Crippen molar-refractivity contribution >= 4 is 0 Å². The fourth-order valence-electron chi connectivity index (χ4n) is 3.21. The van der Waals surface area contributed by atoms with Gasteiger partial charge >= 0.3 is 0 Å². The highest BCUT2D eigenvalue weighted by Gasteiger charge is 2.40. The Labute approximate surface area is 123 Å². The lowest BCUT2D eigenvalue weighted by Crippen LogP contribution is -2.63. The molecule has 0 amide bonds. The predicted molar refractivity (Wildman–Crippen MR) is 83.9 cm³/mol. The standard InChI is InChI=1S/C17H28N2O/c1-14-12-19(15(2)10-11-20-4)17(3,13-18-14)16-8-6-5-7-9-16/h5-9,14-15,18H,10-13H2,1-4H3. The Hall–Kier alpha value is -0.900. The molecule has 0 radical (unpaired) electrons. The van der Waals surface area contributed by atoms with Crippen LogP contribution in [-0.2, 0) is 10.3 Å². The summed E-state index contributed by atoms with van der Waals surface area (Å²) in [5.74, 6) is 0. The molecule has 3 unspecified atom stereocenters. The highest BCUT2D eigenvalue weighted by Crippen LogP contribution is 2.33. The average Bonchev–Trinajstić information content (AvgIpc) is 2.48. The van der Waals surface area contributed by atoms with Gasteiger partial charge in [0.05, 0.1) is 5.54 Å². The van der Waals surface area contributed by atoms with Crippen LogP contribution < -0.4 is 5.32 Å². The first-order valence-electron chi connectivity index (χ1n) is 7.62. The first-order valence-corrected chi connectivity index (χ1v) is 7.62. The molecule has 3 nitrogen and oxygen atoms in total. The molecule has 20 heavy (non-hydrogen) atoms. The van der Waals surface area contributed by atoms with Gasteiger partial charge in [-0.2, -0.15) is 0 Å². The third kappa shape index (κ3) is 3.22. The van der Waals surface area contributed by atoms with Crippen LogP contribution in [0.4, 0.5) is 0 Å². The molecule has 1 aliphatic rings. The molecule has 0 aliphatic carbocycles. The van der Waals surface area contributed by atoms with Gasteiger partial charge < -0.3 is 10.1 Å². The summed E-state index contributed by atoms with van der Waals surface area (Å²) in [5, 5.41) is 3.64. The van der Waals surface area contributed by atoms with Gasteiger partial charge in [0.1, 0.15) is 0 Å². The summed E-state index contributed by atoms with van der Waals surface area (Å²) in [5.41, 5.74) is 1.45. The highest BCUT2D eigenvalue weighted by molar-refractivity contribution is 5.25. The lowest BCUT2D eigenvalue weighted by atomic mass is 9.85. The minimum atomic E-state index is 0.0565. The number of methoxy groups -OCH3 is 1. The van der Waals surface area contributed by atoms with Crippen molar-refractivity contribution in [3.8, 4) is 0 Å². The second-order valence-corrected chi connectivity index (χ2v) is 6.20. The number of rotatable bonds is 5. The number of nitrogens with one attached hydrogen (secondary N) is 1. The van der Waals surface area contributed by atoms with E-state index in [-0.39, 0.29) is 5.54 Å². The summed E-state index contributed by atoms with van der Waals surface area (Å²) in [7, 11) is 1.78. The van der Waals surface area contributed by atoms with Gasteiger partial charge in [0.15, 0.2) is 0 Å². The Morgan fingerprint density at radius 1 is 1.40 bits per heavy atom. The number of ether oxygens (including phenoxy) is 1. The van der Waals surface area contributed by atoms with Crippen molar-refractivity contribution in [2.75, 3.05) is 26.8 Å². The van der Waals surface area contributed by atoms with E-state index in [1.807, 2.05) is 0 Å². The van der Waals surface area contributed by atoms with E-state index in [2.05, 4.69) is 61.3 Å². The fourth-order valence-corrected chi connectivity index (χ4v) is 3.21. The smallest absolute Gasteiger partial charge is 0.0560 e. The Morgan fingerprint density at radius 2 is 2.10 bits per heavy atom. The first-order chi connectivity index (χ1) is 9.58. The lowest BCUT2D eigenvalue weighted by molar-refractivity contribution is 0.00777. The minimum Gasteiger partial charge on any atom is -0.385 e. The molecule has 1 saturated heterocycles. The summed E-state index contributed by atoms with van der Waals surface area (Å²) < 4.78 is 5.26. The second-order valence-electron chi connectivity index (χ2n) is 6.20. The molecule has 0 spiro atoms. The first kappa shape index (κ1) is 15.5. The zero-order valence-corrected chi connectivity index (χ0v) is 13.2. The molecule has 3 atom stereocenters. The van der Waals surface area contributed by atoms with Crippen LogP contribution in [0.25, 0.3) is 0 Å². The molecule has 1 aliphatic heterocycles. The maximum absolute atomic E-state index is 5.26. The predicted octanol–water partition coefficient (Wildman–Crippen LogP) is 2.62. The molecule has 1 fully saturated rings. The third-order valence-electron chi connectivity index (χ3n) is 4.57. The van der Waals surface area contributed by atoms with Crippen molar-refractivity contribution in [3.05, 3.63) is 35.9 Å². The normalized spacial score (nSPS) is 29.3. The molecule has 1 aromatic rings. The molecule has 1 N–H and O–H groups in total. The monoisotopic (exact) mass is 276 g/mol. The van der Waals surface area contributed by atoms with Crippen LogP contribution in [0.3, 0.4) is 0 Å². The van der Waals surface area contributed by atoms with E-state index >= 15 is 0 Å². The molecule has 0 saturated carbocycles. The second kappa shape index (κ2) is 6.70. The van der Waals surface area contributed by atoms with E-state index in [0.29, 0.717) is 12.1 Å². The minimum absolute atomic E-state index is 0.0565. The zero-order chi connectivity index (χ0) is 14.6. The molecule has 1 heterocycles. The Morgan fingerprint density at radius 3 is 2.75 bits per heavy atom. The summed E-state index contributed by atoms with van der Waals surface area (Å²) in [4.78, 5) is 2.64. The number of hydrogen-bond acceptors (Lipinski definition) is 3. The van der Waals surface area contributed by atoms with Gasteiger partial charge in [0, 0.05) is 38.9 Å². The largest absolute Gasteiger partial charge is 0.385 e. The zero-order valence-electron chi connectivity index (χ0n) is 13.2. The van der Waals surface area contributed by atoms with Gasteiger partial charge in [-0.25, -0.2) is 0 Å². The number of benzene rings is 1. The third-order valence-corrected chi connectivity index (χ3v) is 4.57. The van der Waals surface area contributed by atoms with Gasteiger partial charge in [-0.1, -0.05) is 30.3 Å². The van der Waals surface area contributed by atoms with Gasteiger partial charge in [0.2, 0.25) is 0 Å². The maximum Gasteiger partial charge on any atom is 0.0560 e. The van der Waals surface area contributed by atoms with Gasteiger partial charge in [-0.05, 0) is 32.8 Å². The van der Waals surface area contributed by atoms with Crippen LogP contribution in [0.15, 0.2) is 30.3 Å². The highest BCUT2D eigenvalue weighted by atomic mass is 16.5. The molecule has 0 aromatic heterocycles. The number of nitrogens with zero attached hydrogens (tertiary/aromatic N) is 1. The molecule has 3 heteroatoms. The lowest BCUT2D eigenvalue weighted by Gasteiger charge is -2.50. The van der Waals surface area contributed by atoms with Crippen LogP contribution in [0.1, 0.15) is 32.8 Å². The Balaban J connectivity index is 2.23. The van der Waals surface area contributed by atoms with Crippen molar-refractivity contribution in [2.24, 2.45) is 0 Å². The number of hydrogen-bond donors (Lipinski definition) is 1. The maximum atomic E-state index is 5.26. The molecular weight excluding hydrogens is 248 g/mol. The van der Waals surface area contributed by atoms with Crippen LogP contribution in [0.2, 0.25) is 0 Å². The quantitative estimate of drug-likeness (QED) is 0.895. The Bertz CT molecular complexity index is 409. The Kier molecular flexibility index (Phi) is 5.19. The van der Waals surface area contributed by atoms with Gasteiger partial charge in [-0.15, -0.1) is 0 Å². The van der Waals surface area contributed by atoms with Crippen molar-refractivity contribution in [3.63, 3.8) is 0 Å². The van der Waals surface area contributed by atoms with Crippen LogP contribution >= 0.6 is 0 Å². The van der Waals surface area contributed by atoms with E-state index < -0.39 is 0 Å². The van der Waals surface area contributed by atoms with E-state index in [0.717, 1.165) is 26.1 Å². The van der Waals surface area contributed by atoms with Crippen molar-refractivity contribution in [1.82, 2.24) is 10.2 Å². The molecule has 0 bridgehead atoms. The average molecular weight is 276 g/mol. The molecule has 2 rings (SSSR count).